The van der Waals surface area contributed by atoms with Gasteiger partial charge in [0.2, 0.25) is 0 Å². The zero-order valence-electron chi connectivity index (χ0n) is 8.55. The van der Waals surface area contributed by atoms with Crippen molar-refractivity contribution in [3.63, 3.8) is 0 Å². The van der Waals surface area contributed by atoms with Crippen molar-refractivity contribution in [1.29, 1.82) is 0 Å². The van der Waals surface area contributed by atoms with Crippen LogP contribution in [0.4, 0.5) is 0 Å². The van der Waals surface area contributed by atoms with Gasteiger partial charge in [0.25, 0.3) is 0 Å². The Morgan fingerprint density at radius 1 is 1.57 bits per heavy atom. The van der Waals surface area contributed by atoms with Crippen molar-refractivity contribution in [2.45, 2.75) is 19.9 Å². The first-order valence-corrected chi connectivity index (χ1v) is 6.41. The van der Waals surface area contributed by atoms with E-state index in [1.807, 2.05) is 6.92 Å². The highest BCUT2D eigenvalue weighted by Gasteiger charge is 2.06. The second kappa shape index (κ2) is 6.56. The molecule has 0 saturated carbocycles. The molecule has 0 aromatic carbocycles. The Kier molecular flexibility index (Phi) is 5.70. The van der Waals surface area contributed by atoms with Crippen LogP contribution in [0.1, 0.15) is 24.8 Å². The van der Waals surface area contributed by atoms with E-state index in [2.05, 4.69) is 40.3 Å². The van der Waals surface area contributed by atoms with Crippen molar-refractivity contribution in [1.82, 2.24) is 5.32 Å². The average molecular weight is 278 g/mol. The number of rotatable bonds is 6. The maximum absolute atomic E-state index is 5.26. The molecule has 4 heteroatoms. The van der Waals surface area contributed by atoms with Gasteiger partial charge >= 0.3 is 0 Å². The highest BCUT2D eigenvalue weighted by atomic mass is 79.9. The largest absolute Gasteiger partial charge is 0.380 e. The molecule has 0 radical (unpaired) electrons. The minimum Gasteiger partial charge on any atom is -0.380 e. The Bertz CT molecular complexity index is 264. The summed E-state index contributed by atoms with van der Waals surface area (Å²) >= 11 is 5.23. The number of hydrogen-bond donors (Lipinski definition) is 1. The van der Waals surface area contributed by atoms with Crippen LogP contribution in [0.2, 0.25) is 0 Å². The summed E-state index contributed by atoms with van der Waals surface area (Å²) in [7, 11) is 0. The van der Waals surface area contributed by atoms with E-state index in [9.17, 15) is 0 Å². The third-order valence-electron chi connectivity index (χ3n) is 1.92. The number of nitrogens with one attached hydrogen (secondary N) is 1. The van der Waals surface area contributed by atoms with Crippen LogP contribution in [0.3, 0.4) is 0 Å². The Morgan fingerprint density at radius 2 is 2.36 bits per heavy atom. The van der Waals surface area contributed by atoms with Gasteiger partial charge in [-0.15, -0.1) is 11.3 Å². The monoisotopic (exact) mass is 277 g/mol. The molecule has 14 heavy (non-hydrogen) atoms. The first-order chi connectivity index (χ1) is 6.74. The zero-order chi connectivity index (χ0) is 10.4. The second-order valence-electron chi connectivity index (χ2n) is 3.01. The zero-order valence-corrected chi connectivity index (χ0v) is 11.0. The maximum atomic E-state index is 5.26. The minimum absolute atomic E-state index is 0.409. The molecule has 0 amide bonds. The topological polar surface area (TPSA) is 21.3 Å². The summed E-state index contributed by atoms with van der Waals surface area (Å²) in [6.45, 7) is 6.67. The molecule has 0 aliphatic carbocycles. The summed E-state index contributed by atoms with van der Waals surface area (Å²) in [5, 5.41) is 3.41. The summed E-state index contributed by atoms with van der Waals surface area (Å²) in [5.41, 5.74) is 0. The predicted molar refractivity (Wildman–Crippen MR) is 64.9 cm³/mol. The van der Waals surface area contributed by atoms with Crippen molar-refractivity contribution in [3.8, 4) is 0 Å². The molecule has 1 unspecified atom stereocenters. The highest BCUT2D eigenvalue weighted by molar-refractivity contribution is 9.11. The number of hydrogen-bond acceptors (Lipinski definition) is 3. The lowest BCUT2D eigenvalue weighted by Gasteiger charge is -2.11. The number of thiophene rings is 1. The smallest absolute Gasteiger partial charge is 0.0701 e. The molecular weight excluding hydrogens is 262 g/mol. The predicted octanol–water partition coefficient (Wildman–Crippen LogP) is 3.20. The van der Waals surface area contributed by atoms with Gasteiger partial charge < -0.3 is 10.1 Å². The van der Waals surface area contributed by atoms with Crippen molar-refractivity contribution in [2.75, 3.05) is 19.8 Å². The molecule has 0 fully saturated rings. The van der Waals surface area contributed by atoms with Crippen LogP contribution < -0.4 is 5.32 Å². The molecule has 80 valence electrons. The van der Waals surface area contributed by atoms with E-state index >= 15 is 0 Å². The molecule has 0 aliphatic rings. The van der Waals surface area contributed by atoms with Gasteiger partial charge in [0.05, 0.1) is 10.4 Å². The Hall–Kier alpha value is 0.1000. The number of halogens is 1. The lowest BCUT2D eigenvalue weighted by atomic mass is 10.3. The molecule has 2 nitrogen and oxygen atoms in total. The van der Waals surface area contributed by atoms with E-state index < -0.39 is 0 Å². The second-order valence-corrected chi connectivity index (χ2v) is 5.51. The van der Waals surface area contributed by atoms with Gasteiger partial charge in [-0.1, -0.05) is 0 Å². The van der Waals surface area contributed by atoms with Crippen LogP contribution in [-0.4, -0.2) is 19.8 Å². The minimum atomic E-state index is 0.409. The summed E-state index contributed by atoms with van der Waals surface area (Å²) < 4.78 is 6.44. The van der Waals surface area contributed by atoms with Gasteiger partial charge in [-0.05, 0) is 41.9 Å². The molecule has 1 rings (SSSR count). The Morgan fingerprint density at radius 3 is 2.93 bits per heavy atom. The average Bonchev–Trinajstić information content (AvgIpc) is 2.59. The van der Waals surface area contributed by atoms with Gasteiger partial charge in [-0.3, -0.25) is 0 Å². The Labute approximate surface area is 97.8 Å². The summed E-state index contributed by atoms with van der Waals surface area (Å²) in [4.78, 5) is 1.35. The third kappa shape index (κ3) is 4.09. The molecular formula is C10H16BrNOS. The van der Waals surface area contributed by atoms with Crippen LogP contribution in [-0.2, 0) is 4.74 Å². The molecule has 1 N–H and O–H groups in total. The van der Waals surface area contributed by atoms with Gasteiger partial charge in [0, 0.05) is 24.1 Å². The SMILES string of the molecule is CCOCCNC(C)c1ccc(Br)s1. The maximum Gasteiger partial charge on any atom is 0.0701 e. The van der Waals surface area contributed by atoms with Crippen LogP contribution >= 0.6 is 27.3 Å². The molecule has 1 aromatic heterocycles. The van der Waals surface area contributed by atoms with Crippen molar-refractivity contribution in [2.24, 2.45) is 0 Å². The summed E-state index contributed by atoms with van der Waals surface area (Å²) in [6, 6.07) is 4.64. The Balaban J connectivity index is 2.25. The van der Waals surface area contributed by atoms with Crippen LogP contribution in [0.25, 0.3) is 0 Å². The summed E-state index contributed by atoms with van der Waals surface area (Å²) in [5.74, 6) is 0. The van der Waals surface area contributed by atoms with Crippen molar-refractivity contribution >= 4 is 27.3 Å². The molecule has 0 saturated heterocycles. The van der Waals surface area contributed by atoms with E-state index in [4.69, 9.17) is 4.74 Å². The van der Waals surface area contributed by atoms with E-state index in [1.165, 1.54) is 8.66 Å². The van der Waals surface area contributed by atoms with Crippen LogP contribution in [0, 0.1) is 0 Å². The lowest BCUT2D eigenvalue weighted by molar-refractivity contribution is 0.147. The molecule has 0 aliphatic heterocycles. The van der Waals surface area contributed by atoms with E-state index in [0.717, 1.165) is 19.8 Å². The highest BCUT2D eigenvalue weighted by Crippen LogP contribution is 2.26. The normalized spacial score (nSPS) is 13.1. The fourth-order valence-electron chi connectivity index (χ4n) is 1.15. The fraction of sp³-hybridized carbons (Fsp3) is 0.600. The van der Waals surface area contributed by atoms with Crippen LogP contribution in [0.15, 0.2) is 15.9 Å². The molecule has 0 spiro atoms. The quantitative estimate of drug-likeness (QED) is 0.807. The van der Waals surface area contributed by atoms with E-state index in [1.54, 1.807) is 11.3 Å². The molecule has 0 bridgehead atoms. The van der Waals surface area contributed by atoms with Gasteiger partial charge in [0.1, 0.15) is 0 Å². The summed E-state index contributed by atoms with van der Waals surface area (Å²) in [6.07, 6.45) is 0. The van der Waals surface area contributed by atoms with Crippen molar-refractivity contribution in [3.05, 3.63) is 20.8 Å². The lowest BCUT2D eigenvalue weighted by Crippen LogP contribution is -2.22. The first kappa shape index (κ1) is 12.2. The van der Waals surface area contributed by atoms with E-state index in [-0.39, 0.29) is 0 Å². The van der Waals surface area contributed by atoms with Crippen molar-refractivity contribution < 1.29 is 4.74 Å². The molecule has 1 atom stereocenters. The van der Waals surface area contributed by atoms with Gasteiger partial charge in [0.15, 0.2) is 0 Å². The number of ether oxygens (including phenoxy) is 1. The van der Waals surface area contributed by atoms with Gasteiger partial charge in [-0.2, -0.15) is 0 Å². The molecule has 1 heterocycles. The first-order valence-electron chi connectivity index (χ1n) is 4.80. The molecule has 1 aromatic rings. The fourth-order valence-corrected chi connectivity index (χ4v) is 2.60. The van der Waals surface area contributed by atoms with Gasteiger partial charge in [-0.25, -0.2) is 0 Å². The van der Waals surface area contributed by atoms with E-state index in [0.29, 0.717) is 6.04 Å². The third-order valence-corrected chi connectivity index (χ3v) is 3.73. The van der Waals surface area contributed by atoms with Crippen LogP contribution in [0.5, 0.6) is 0 Å². The standard InChI is InChI=1S/C10H16BrNOS/c1-3-13-7-6-12-8(2)9-4-5-10(11)14-9/h4-5,8,12H,3,6-7H2,1-2H3.